The molecule has 2 N–H and O–H groups in total. The van der Waals surface area contributed by atoms with Crippen molar-refractivity contribution >= 4 is 17.4 Å². The standard InChI is InChI=1S/C22H20ClF2N3O/c23-20-14(9-24)5-2-6-15(20)12-29-22-16(13-3-1-4-13)7-8-17(21(22)25)18-10-28-19(26)11-27-18/h2,5-8,10-11,13H,1,3-4,9,12H2,(H2,26,28). The van der Waals surface area contributed by atoms with Crippen molar-refractivity contribution in [2.75, 3.05) is 5.73 Å². The Morgan fingerprint density at radius 3 is 2.55 bits per heavy atom. The summed E-state index contributed by atoms with van der Waals surface area (Å²) in [6.45, 7) is -0.625. The molecule has 1 saturated carbocycles. The van der Waals surface area contributed by atoms with E-state index in [2.05, 4.69) is 9.97 Å². The third-order valence-electron chi connectivity index (χ3n) is 5.29. The molecule has 4 rings (SSSR count). The summed E-state index contributed by atoms with van der Waals surface area (Å²) >= 11 is 6.25. The molecule has 1 aliphatic rings. The summed E-state index contributed by atoms with van der Waals surface area (Å²) in [5, 5.41) is 0.307. The molecule has 0 atom stereocenters. The molecular weight excluding hydrogens is 396 g/mol. The fourth-order valence-corrected chi connectivity index (χ4v) is 3.66. The van der Waals surface area contributed by atoms with Crippen molar-refractivity contribution in [3.63, 3.8) is 0 Å². The minimum atomic E-state index is -0.667. The second-order valence-electron chi connectivity index (χ2n) is 7.11. The topological polar surface area (TPSA) is 61.0 Å². The van der Waals surface area contributed by atoms with Gasteiger partial charge in [-0.25, -0.2) is 13.8 Å². The molecule has 0 amide bonds. The third-order valence-corrected chi connectivity index (χ3v) is 5.78. The van der Waals surface area contributed by atoms with Gasteiger partial charge in [0.2, 0.25) is 0 Å². The van der Waals surface area contributed by atoms with Crippen LogP contribution in [0.5, 0.6) is 5.75 Å². The number of aromatic nitrogens is 2. The molecule has 1 heterocycles. The number of benzene rings is 2. The SMILES string of the molecule is Nc1cnc(-c2ccc(C3CCC3)c(OCc3cccc(CF)c3Cl)c2F)cn1. The van der Waals surface area contributed by atoms with E-state index in [4.69, 9.17) is 22.1 Å². The van der Waals surface area contributed by atoms with Gasteiger partial charge in [-0.2, -0.15) is 0 Å². The molecule has 1 fully saturated rings. The fourth-order valence-electron chi connectivity index (χ4n) is 3.43. The van der Waals surface area contributed by atoms with E-state index >= 15 is 4.39 Å². The molecule has 1 aliphatic carbocycles. The number of alkyl halides is 1. The van der Waals surface area contributed by atoms with Gasteiger partial charge in [-0.05, 0) is 24.8 Å². The number of hydrogen-bond acceptors (Lipinski definition) is 4. The van der Waals surface area contributed by atoms with Crippen LogP contribution in [0.4, 0.5) is 14.6 Å². The number of rotatable bonds is 6. The smallest absolute Gasteiger partial charge is 0.174 e. The number of nitrogen functional groups attached to an aromatic ring is 1. The first-order valence-electron chi connectivity index (χ1n) is 9.43. The van der Waals surface area contributed by atoms with Crippen LogP contribution in [-0.4, -0.2) is 9.97 Å². The Balaban J connectivity index is 1.70. The molecule has 0 spiro atoms. The van der Waals surface area contributed by atoms with Crippen LogP contribution in [0.2, 0.25) is 5.02 Å². The summed E-state index contributed by atoms with van der Waals surface area (Å²) in [5.41, 5.74) is 8.08. The number of halogens is 3. The lowest BCUT2D eigenvalue weighted by Crippen LogP contribution is -2.12. The molecule has 1 aromatic heterocycles. The van der Waals surface area contributed by atoms with Gasteiger partial charge < -0.3 is 10.5 Å². The predicted molar refractivity (Wildman–Crippen MR) is 109 cm³/mol. The summed E-state index contributed by atoms with van der Waals surface area (Å²) in [7, 11) is 0. The van der Waals surface area contributed by atoms with Crippen molar-refractivity contribution < 1.29 is 13.5 Å². The zero-order chi connectivity index (χ0) is 20.4. The molecule has 2 aromatic carbocycles. The minimum Gasteiger partial charge on any atom is -0.485 e. The van der Waals surface area contributed by atoms with E-state index in [0.717, 1.165) is 24.8 Å². The molecule has 0 bridgehead atoms. The van der Waals surface area contributed by atoms with Gasteiger partial charge in [-0.15, -0.1) is 0 Å². The number of anilines is 1. The van der Waals surface area contributed by atoms with Gasteiger partial charge in [-0.3, -0.25) is 4.98 Å². The minimum absolute atomic E-state index is 0.0418. The summed E-state index contributed by atoms with van der Waals surface area (Å²) in [4.78, 5) is 8.16. The first-order chi connectivity index (χ1) is 14.1. The van der Waals surface area contributed by atoms with E-state index in [1.807, 2.05) is 6.07 Å². The average Bonchev–Trinajstić information content (AvgIpc) is 2.68. The Morgan fingerprint density at radius 1 is 1.10 bits per heavy atom. The number of hydrogen-bond donors (Lipinski definition) is 1. The molecule has 4 nitrogen and oxygen atoms in total. The quantitative estimate of drug-likeness (QED) is 0.549. The van der Waals surface area contributed by atoms with E-state index in [9.17, 15) is 4.39 Å². The van der Waals surface area contributed by atoms with Crippen LogP contribution in [0.1, 0.15) is 41.9 Å². The van der Waals surface area contributed by atoms with E-state index in [1.165, 1.54) is 12.4 Å². The normalized spacial score (nSPS) is 13.9. The molecular formula is C22H20ClF2N3O. The summed E-state index contributed by atoms with van der Waals surface area (Å²) < 4.78 is 34.5. The monoisotopic (exact) mass is 415 g/mol. The molecule has 0 saturated heterocycles. The third kappa shape index (κ3) is 3.90. The maximum absolute atomic E-state index is 15.5. The second kappa shape index (κ2) is 8.33. The van der Waals surface area contributed by atoms with Crippen LogP contribution >= 0.6 is 11.6 Å². The summed E-state index contributed by atoms with van der Waals surface area (Å²) in [6.07, 6.45) is 5.92. The Labute approximate surface area is 172 Å². The zero-order valence-corrected chi connectivity index (χ0v) is 16.4. The van der Waals surface area contributed by atoms with Crippen molar-refractivity contribution in [3.05, 3.63) is 70.3 Å². The summed E-state index contributed by atoms with van der Waals surface area (Å²) in [6, 6.07) is 8.66. The highest BCUT2D eigenvalue weighted by molar-refractivity contribution is 6.32. The van der Waals surface area contributed by atoms with Gasteiger partial charge in [-0.1, -0.05) is 42.3 Å². The Bertz CT molecular complexity index is 1020. The molecule has 3 aromatic rings. The van der Waals surface area contributed by atoms with Gasteiger partial charge >= 0.3 is 0 Å². The molecule has 0 unspecified atom stereocenters. The van der Waals surface area contributed by atoms with E-state index < -0.39 is 12.5 Å². The largest absolute Gasteiger partial charge is 0.485 e. The molecule has 7 heteroatoms. The van der Waals surface area contributed by atoms with Crippen molar-refractivity contribution in [3.8, 4) is 17.0 Å². The maximum Gasteiger partial charge on any atom is 0.174 e. The lowest BCUT2D eigenvalue weighted by atomic mass is 9.79. The molecule has 29 heavy (non-hydrogen) atoms. The first kappa shape index (κ1) is 19.6. The molecule has 150 valence electrons. The second-order valence-corrected chi connectivity index (χ2v) is 7.49. The number of ether oxygens (including phenoxy) is 1. The van der Waals surface area contributed by atoms with Crippen LogP contribution in [0.25, 0.3) is 11.3 Å². The highest BCUT2D eigenvalue weighted by Crippen LogP contribution is 2.44. The summed E-state index contributed by atoms with van der Waals surface area (Å²) in [5.74, 6) is 0.219. The molecule has 0 aliphatic heterocycles. The lowest BCUT2D eigenvalue weighted by Gasteiger charge is -2.28. The predicted octanol–water partition coefficient (Wildman–Crippen LogP) is 5.83. The Kier molecular flexibility index (Phi) is 5.62. The van der Waals surface area contributed by atoms with Gasteiger partial charge in [0, 0.05) is 22.3 Å². The number of nitrogens with two attached hydrogens (primary N) is 1. The van der Waals surface area contributed by atoms with Crippen LogP contribution < -0.4 is 10.5 Å². The van der Waals surface area contributed by atoms with Gasteiger partial charge in [0.1, 0.15) is 19.1 Å². The van der Waals surface area contributed by atoms with Crippen molar-refractivity contribution in [2.24, 2.45) is 0 Å². The van der Waals surface area contributed by atoms with Crippen LogP contribution in [-0.2, 0) is 13.3 Å². The lowest BCUT2D eigenvalue weighted by molar-refractivity contribution is 0.278. The van der Waals surface area contributed by atoms with Crippen LogP contribution in [0.15, 0.2) is 42.7 Å². The van der Waals surface area contributed by atoms with Gasteiger partial charge in [0.15, 0.2) is 11.6 Å². The van der Waals surface area contributed by atoms with Gasteiger partial charge in [0.25, 0.3) is 0 Å². The Morgan fingerprint density at radius 2 is 1.90 bits per heavy atom. The van der Waals surface area contributed by atoms with E-state index in [0.29, 0.717) is 27.4 Å². The first-order valence-corrected chi connectivity index (χ1v) is 9.81. The van der Waals surface area contributed by atoms with Crippen molar-refractivity contribution in [1.29, 1.82) is 0 Å². The Hall–Kier alpha value is -2.73. The fraction of sp³-hybridized carbons (Fsp3) is 0.273. The zero-order valence-electron chi connectivity index (χ0n) is 15.7. The van der Waals surface area contributed by atoms with E-state index in [1.54, 1.807) is 24.3 Å². The highest BCUT2D eigenvalue weighted by atomic mass is 35.5. The van der Waals surface area contributed by atoms with Crippen LogP contribution in [0.3, 0.4) is 0 Å². The van der Waals surface area contributed by atoms with Gasteiger partial charge in [0.05, 0.1) is 23.1 Å². The maximum atomic E-state index is 15.5. The van der Waals surface area contributed by atoms with Crippen molar-refractivity contribution in [2.45, 2.75) is 38.5 Å². The van der Waals surface area contributed by atoms with E-state index in [-0.39, 0.29) is 24.1 Å². The molecule has 0 radical (unpaired) electrons. The van der Waals surface area contributed by atoms with Crippen molar-refractivity contribution in [1.82, 2.24) is 9.97 Å². The number of nitrogens with zero attached hydrogens (tertiary/aromatic N) is 2. The highest BCUT2D eigenvalue weighted by Gasteiger charge is 2.27. The average molecular weight is 416 g/mol. The van der Waals surface area contributed by atoms with Crippen LogP contribution in [0, 0.1) is 5.82 Å².